The summed E-state index contributed by atoms with van der Waals surface area (Å²) in [5.74, 6) is -0.506. The van der Waals surface area contributed by atoms with Gasteiger partial charge in [-0.25, -0.2) is 0 Å². The summed E-state index contributed by atoms with van der Waals surface area (Å²) in [5.41, 5.74) is 1.29. The van der Waals surface area contributed by atoms with Gasteiger partial charge in [-0.05, 0) is 43.0 Å². The fourth-order valence-corrected chi connectivity index (χ4v) is 4.92. The lowest BCUT2D eigenvalue weighted by molar-refractivity contribution is -0.139. The lowest BCUT2D eigenvalue weighted by Crippen LogP contribution is -2.55. The molecule has 0 saturated carbocycles. The Morgan fingerprint density at radius 2 is 1.57 bits per heavy atom. The number of piperidine rings is 1. The Kier molecular flexibility index (Phi) is 5.92. The van der Waals surface area contributed by atoms with E-state index in [4.69, 9.17) is 9.47 Å². The highest BCUT2D eigenvalue weighted by molar-refractivity contribution is 6.22. The average Bonchev–Trinajstić information content (AvgIpc) is 3.42. The summed E-state index contributed by atoms with van der Waals surface area (Å²) in [4.78, 5) is 55.1. The van der Waals surface area contributed by atoms with Gasteiger partial charge in [0.25, 0.3) is 11.8 Å². The first-order valence-electron chi connectivity index (χ1n) is 11.8. The fourth-order valence-electron chi connectivity index (χ4n) is 4.92. The van der Waals surface area contributed by atoms with E-state index in [0.29, 0.717) is 54.2 Å². The number of amides is 4. The zero-order valence-corrected chi connectivity index (χ0v) is 19.7. The largest absolute Gasteiger partial charge is 0.454 e. The molecule has 1 N–H and O–H groups in total. The third-order valence-corrected chi connectivity index (χ3v) is 6.81. The Balaban J connectivity index is 1.23. The molecule has 0 spiro atoms. The predicted molar refractivity (Wildman–Crippen MR) is 126 cm³/mol. The van der Waals surface area contributed by atoms with Crippen LogP contribution in [0.15, 0.2) is 42.5 Å². The molecule has 2 aromatic carbocycles. The summed E-state index contributed by atoms with van der Waals surface area (Å²) < 4.78 is 10.7. The number of rotatable bonds is 5. The molecule has 4 amide bonds. The van der Waals surface area contributed by atoms with Gasteiger partial charge < -0.3 is 19.7 Å². The summed E-state index contributed by atoms with van der Waals surface area (Å²) in [7, 11) is 0. The minimum atomic E-state index is -0.888. The summed E-state index contributed by atoms with van der Waals surface area (Å²) in [6, 6.07) is 11.0. The van der Waals surface area contributed by atoms with E-state index >= 15 is 0 Å². The molecule has 1 fully saturated rings. The number of benzene rings is 2. The third-order valence-electron chi connectivity index (χ3n) is 6.81. The topological polar surface area (TPSA) is 105 Å². The van der Waals surface area contributed by atoms with Gasteiger partial charge in [0.15, 0.2) is 11.5 Å². The second kappa shape index (κ2) is 9.05. The van der Waals surface area contributed by atoms with Crippen LogP contribution >= 0.6 is 0 Å². The molecule has 182 valence electrons. The number of carbonyl (C=O) groups excluding carboxylic acids is 4. The van der Waals surface area contributed by atoms with Gasteiger partial charge in [0.05, 0.1) is 11.1 Å². The molecule has 0 bridgehead atoms. The van der Waals surface area contributed by atoms with Crippen molar-refractivity contribution < 1.29 is 28.7 Å². The van der Waals surface area contributed by atoms with Gasteiger partial charge >= 0.3 is 0 Å². The van der Waals surface area contributed by atoms with Crippen molar-refractivity contribution in [3.8, 4) is 11.5 Å². The SMILES string of the molecule is CC(C)C(C(=O)N1CCC(C(=O)Nc2ccc3c(c2)OCO3)CC1)N1C(=O)c2ccccc2C1=O. The van der Waals surface area contributed by atoms with E-state index in [1.54, 1.807) is 47.4 Å². The predicted octanol–water partition coefficient (Wildman–Crippen LogP) is 2.91. The van der Waals surface area contributed by atoms with E-state index in [0.717, 1.165) is 4.90 Å². The van der Waals surface area contributed by atoms with Crippen molar-refractivity contribution in [2.75, 3.05) is 25.2 Å². The minimum Gasteiger partial charge on any atom is -0.454 e. The van der Waals surface area contributed by atoms with Crippen molar-refractivity contribution in [3.05, 3.63) is 53.6 Å². The van der Waals surface area contributed by atoms with Crippen LogP contribution in [0.1, 0.15) is 47.4 Å². The lowest BCUT2D eigenvalue weighted by atomic mass is 9.93. The van der Waals surface area contributed by atoms with Crippen LogP contribution in [-0.2, 0) is 9.59 Å². The molecule has 1 atom stereocenters. The number of nitrogens with one attached hydrogen (secondary N) is 1. The Morgan fingerprint density at radius 3 is 2.20 bits per heavy atom. The van der Waals surface area contributed by atoms with Gasteiger partial charge in [-0.15, -0.1) is 0 Å². The molecule has 5 rings (SSSR count). The molecule has 0 aromatic heterocycles. The Labute approximate surface area is 203 Å². The van der Waals surface area contributed by atoms with Crippen LogP contribution in [0.4, 0.5) is 5.69 Å². The highest BCUT2D eigenvalue weighted by Crippen LogP contribution is 2.35. The van der Waals surface area contributed by atoms with Gasteiger partial charge in [0.2, 0.25) is 18.6 Å². The lowest BCUT2D eigenvalue weighted by Gasteiger charge is -2.37. The van der Waals surface area contributed by atoms with Crippen molar-refractivity contribution in [1.29, 1.82) is 0 Å². The van der Waals surface area contributed by atoms with Crippen LogP contribution in [0.5, 0.6) is 11.5 Å². The molecular formula is C26H27N3O6. The first kappa shape index (κ1) is 22.9. The molecule has 3 heterocycles. The molecular weight excluding hydrogens is 450 g/mol. The molecule has 1 saturated heterocycles. The van der Waals surface area contributed by atoms with E-state index < -0.39 is 17.9 Å². The van der Waals surface area contributed by atoms with Crippen LogP contribution in [-0.4, -0.2) is 59.4 Å². The second-order valence-corrected chi connectivity index (χ2v) is 9.37. The van der Waals surface area contributed by atoms with E-state index in [9.17, 15) is 19.2 Å². The number of anilines is 1. The summed E-state index contributed by atoms with van der Waals surface area (Å²) >= 11 is 0. The van der Waals surface area contributed by atoms with E-state index in [-0.39, 0.29) is 30.4 Å². The van der Waals surface area contributed by atoms with Crippen LogP contribution in [0.25, 0.3) is 0 Å². The monoisotopic (exact) mass is 477 g/mol. The van der Waals surface area contributed by atoms with E-state index in [1.807, 2.05) is 13.8 Å². The molecule has 3 aliphatic heterocycles. The normalized spacial score (nSPS) is 18.1. The van der Waals surface area contributed by atoms with Gasteiger partial charge in [0.1, 0.15) is 6.04 Å². The molecule has 9 heteroatoms. The zero-order chi connectivity index (χ0) is 24.7. The smallest absolute Gasteiger partial charge is 0.262 e. The molecule has 1 unspecified atom stereocenters. The second-order valence-electron chi connectivity index (χ2n) is 9.37. The Bertz CT molecular complexity index is 1170. The Morgan fingerprint density at radius 1 is 0.943 bits per heavy atom. The molecule has 3 aliphatic rings. The van der Waals surface area contributed by atoms with Crippen LogP contribution in [0.2, 0.25) is 0 Å². The molecule has 35 heavy (non-hydrogen) atoms. The van der Waals surface area contributed by atoms with Gasteiger partial charge in [0, 0.05) is 30.8 Å². The van der Waals surface area contributed by atoms with E-state index in [2.05, 4.69) is 5.32 Å². The number of nitrogens with zero attached hydrogens (tertiary/aromatic N) is 2. The molecule has 0 aliphatic carbocycles. The van der Waals surface area contributed by atoms with Crippen molar-refractivity contribution >= 4 is 29.3 Å². The van der Waals surface area contributed by atoms with Gasteiger partial charge in [-0.3, -0.25) is 24.1 Å². The average molecular weight is 478 g/mol. The third kappa shape index (κ3) is 4.11. The van der Waals surface area contributed by atoms with Crippen LogP contribution in [0.3, 0.4) is 0 Å². The minimum absolute atomic E-state index is 0.114. The van der Waals surface area contributed by atoms with Gasteiger partial charge in [-0.2, -0.15) is 0 Å². The van der Waals surface area contributed by atoms with Crippen LogP contribution in [0, 0.1) is 11.8 Å². The van der Waals surface area contributed by atoms with Crippen molar-refractivity contribution in [2.24, 2.45) is 11.8 Å². The van der Waals surface area contributed by atoms with Gasteiger partial charge in [-0.1, -0.05) is 26.0 Å². The first-order valence-corrected chi connectivity index (χ1v) is 11.8. The zero-order valence-electron chi connectivity index (χ0n) is 19.7. The maximum atomic E-state index is 13.5. The fraction of sp³-hybridized carbons (Fsp3) is 0.385. The highest BCUT2D eigenvalue weighted by atomic mass is 16.7. The quantitative estimate of drug-likeness (QED) is 0.664. The number of carbonyl (C=O) groups is 4. The molecule has 0 radical (unpaired) electrons. The summed E-state index contributed by atoms with van der Waals surface area (Å²) in [6.07, 6.45) is 0.990. The van der Waals surface area contributed by atoms with Crippen molar-refractivity contribution in [3.63, 3.8) is 0 Å². The molecule has 2 aromatic rings. The maximum absolute atomic E-state index is 13.5. The number of hydrogen-bond donors (Lipinski definition) is 1. The Hall–Kier alpha value is -3.88. The maximum Gasteiger partial charge on any atom is 0.262 e. The number of likely N-dealkylation sites (tertiary alicyclic amines) is 1. The summed E-state index contributed by atoms with van der Waals surface area (Å²) in [6.45, 7) is 4.58. The van der Waals surface area contributed by atoms with Crippen molar-refractivity contribution in [2.45, 2.75) is 32.7 Å². The standard InChI is InChI=1S/C26H27N3O6/c1-15(2)22(29-24(31)18-5-3-4-6-19(18)25(29)32)26(33)28-11-9-16(10-12-28)23(30)27-17-7-8-20-21(13-17)35-14-34-20/h3-8,13,15-16,22H,9-12,14H2,1-2H3,(H,27,30). The summed E-state index contributed by atoms with van der Waals surface area (Å²) in [5, 5.41) is 2.92. The number of fused-ring (bicyclic) bond motifs is 2. The molecule has 9 nitrogen and oxygen atoms in total. The number of ether oxygens (including phenoxy) is 2. The highest BCUT2D eigenvalue weighted by Gasteiger charge is 2.45. The van der Waals surface area contributed by atoms with E-state index in [1.165, 1.54) is 0 Å². The van der Waals surface area contributed by atoms with Crippen molar-refractivity contribution in [1.82, 2.24) is 9.80 Å². The first-order chi connectivity index (χ1) is 16.8. The number of hydrogen-bond acceptors (Lipinski definition) is 6. The van der Waals surface area contributed by atoms with Crippen LogP contribution < -0.4 is 14.8 Å². The number of imide groups is 1.